The van der Waals surface area contributed by atoms with E-state index in [1.54, 1.807) is 21.0 Å². The number of rotatable bonds is 7. The number of esters is 1. The van der Waals surface area contributed by atoms with Gasteiger partial charge in [-0.3, -0.25) is 9.59 Å². The van der Waals surface area contributed by atoms with Crippen LogP contribution in [0.15, 0.2) is 0 Å². The minimum absolute atomic E-state index is 0.148. The molecule has 0 spiro atoms. The second-order valence-electron chi connectivity index (χ2n) is 4.50. The number of carboxylic acids is 1. The zero-order chi connectivity index (χ0) is 15.0. The summed E-state index contributed by atoms with van der Waals surface area (Å²) in [5.41, 5.74) is 0. The molecule has 1 atom stereocenters. The van der Waals surface area contributed by atoms with E-state index in [0.717, 1.165) is 0 Å². The molecular formula is C12H22N2O5. The minimum Gasteiger partial charge on any atom is -0.481 e. The second kappa shape index (κ2) is 8.34. The number of urea groups is 1. The zero-order valence-corrected chi connectivity index (χ0v) is 11.9. The molecule has 1 N–H and O–H groups in total. The first kappa shape index (κ1) is 17.2. The fourth-order valence-electron chi connectivity index (χ4n) is 1.52. The molecule has 0 aliphatic rings. The quantitative estimate of drug-likeness (QED) is 0.688. The van der Waals surface area contributed by atoms with Gasteiger partial charge in [-0.2, -0.15) is 0 Å². The summed E-state index contributed by atoms with van der Waals surface area (Å²) in [6.07, 6.45) is 0.764. The van der Waals surface area contributed by atoms with Crippen LogP contribution in [0.2, 0.25) is 0 Å². The number of hydrogen-bond acceptors (Lipinski definition) is 4. The maximum atomic E-state index is 11.9. The molecule has 7 nitrogen and oxygen atoms in total. The molecule has 0 heterocycles. The van der Waals surface area contributed by atoms with Crippen molar-refractivity contribution in [2.24, 2.45) is 5.92 Å². The molecule has 0 aliphatic heterocycles. The van der Waals surface area contributed by atoms with Crippen LogP contribution >= 0.6 is 0 Å². The molecule has 0 aromatic rings. The van der Waals surface area contributed by atoms with E-state index in [1.165, 1.54) is 16.9 Å². The first-order valence-electron chi connectivity index (χ1n) is 6.05. The molecular weight excluding hydrogens is 252 g/mol. The van der Waals surface area contributed by atoms with Crippen molar-refractivity contribution in [2.45, 2.75) is 19.8 Å². The van der Waals surface area contributed by atoms with Gasteiger partial charge in [0.15, 0.2) is 0 Å². The van der Waals surface area contributed by atoms with Crippen LogP contribution in [0, 0.1) is 5.92 Å². The van der Waals surface area contributed by atoms with Crippen LogP contribution in [-0.4, -0.2) is 67.2 Å². The lowest BCUT2D eigenvalue weighted by atomic mass is 10.2. The second-order valence-corrected chi connectivity index (χ2v) is 4.50. The van der Waals surface area contributed by atoms with Gasteiger partial charge >= 0.3 is 18.0 Å². The summed E-state index contributed by atoms with van der Waals surface area (Å²) in [6.45, 7) is 2.11. The summed E-state index contributed by atoms with van der Waals surface area (Å²) in [4.78, 5) is 36.3. The van der Waals surface area contributed by atoms with Gasteiger partial charge in [-0.05, 0) is 6.42 Å². The van der Waals surface area contributed by atoms with Gasteiger partial charge in [-0.1, -0.05) is 6.92 Å². The van der Waals surface area contributed by atoms with Crippen LogP contribution in [0.25, 0.3) is 0 Å². The zero-order valence-electron chi connectivity index (χ0n) is 11.9. The predicted molar refractivity (Wildman–Crippen MR) is 68.7 cm³/mol. The monoisotopic (exact) mass is 274 g/mol. The van der Waals surface area contributed by atoms with Gasteiger partial charge in [-0.15, -0.1) is 0 Å². The molecule has 0 rings (SSSR count). The molecule has 0 aromatic heterocycles. The Morgan fingerprint density at radius 1 is 1.21 bits per heavy atom. The lowest BCUT2D eigenvalue weighted by Crippen LogP contribution is -2.42. The number of hydrogen-bond donors (Lipinski definition) is 1. The topological polar surface area (TPSA) is 87.2 Å². The fraction of sp³-hybridized carbons (Fsp3) is 0.750. The van der Waals surface area contributed by atoms with Gasteiger partial charge < -0.3 is 19.6 Å². The van der Waals surface area contributed by atoms with Crippen molar-refractivity contribution < 1.29 is 24.2 Å². The molecule has 19 heavy (non-hydrogen) atoms. The summed E-state index contributed by atoms with van der Waals surface area (Å²) in [6, 6.07) is -0.266. The summed E-state index contributed by atoms with van der Waals surface area (Å²) in [5.74, 6) is -1.86. The van der Waals surface area contributed by atoms with Crippen molar-refractivity contribution in [1.29, 1.82) is 0 Å². The lowest BCUT2D eigenvalue weighted by Gasteiger charge is -2.26. The summed E-state index contributed by atoms with van der Waals surface area (Å²) < 4.78 is 4.50. The molecule has 2 amide bonds. The Hall–Kier alpha value is -1.79. The van der Waals surface area contributed by atoms with Crippen LogP contribution < -0.4 is 0 Å². The van der Waals surface area contributed by atoms with Gasteiger partial charge in [0.05, 0.1) is 13.0 Å². The normalized spacial score (nSPS) is 11.6. The number of carbonyl (C=O) groups is 3. The van der Waals surface area contributed by atoms with Gasteiger partial charge in [0.2, 0.25) is 0 Å². The van der Waals surface area contributed by atoms with E-state index in [2.05, 4.69) is 4.74 Å². The van der Waals surface area contributed by atoms with Crippen LogP contribution in [-0.2, 0) is 14.3 Å². The van der Waals surface area contributed by atoms with E-state index in [-0.39, 0.29) is 25.0 Å². The summed E-state index contributed by atoms with van der Waals surface area (Å²) in [7, 11) is 4.48. The third-order valence-corrected chi connectivity index (χ3v) is 2.72. The number of nitrogens with zero attached hydrogens (tertiary/aromatic N) is 2. The average molecular weight is 274 g/mol. The van der Waals surface area contributed by atoms with Gasteiger partial charge in [0, 0.05) is 33.6 Å². The van der Waals surface area contributed by atoms with Crippen LogP contribution in [0.3, 0.4) is 0 Å². The van der Waals surface area contributed by atoms with Crippen molar-refractivity contribution in [3.63, 3.8) is 0 Å². The SMILES string of the molecule is COC(=O)CCCN(C)C(=O)N(C)CC(C)C(=O)O. The maximum Gasteiger partial charge on any atom is 0.319 e. The van der Waals surface area contributed by atoms with Gasteiger partial charge in [0.25, 0.3) is 0 Å². The molecule has 0 saturated carbocycles. The molecule has 0 aliphatic carbocycles. The summed E-state index contributed by atoms with van der Waals surface area (Å²) >= 11 is 0. The van der Waals surface area contributed by atoms with Gasteiger partial charge in [-0.25, -0.2) is 4.79 Å². The molecule has 0 radical (unpaired) electrons. The smallest absolute Gasteiger partial charge is 0.319 e. The molecule has 110 valence electrons. The number of amides is 2. The Morgan fingerprint density at radius 3 is 2.26 bits per heavy atom. The number of ether oxygens (including phenoxy) is 1. The number of methoxy groups -OCH3 is 1. The van der Waals surface area contributed by atoms with Crippen molar-refractivity contribution in [3.05, 3.63) is 0 Å². The van der Waals surface area contributed by atoms with Crippen molar-refractivity contribution in [1.82, 2.24) is 9.80 Å². The van der Waals surface area contributed by atoms with E-state index in [0.29, 0.717) is 13.0 Å². The number of carboxylic acid groups (broad SMARTS) is 1. The molecule has 7 heteroatoms. The Bertz CT molecular complexity index is 332. The molecule has 1 unspecified atom stereocenters. The highest BCUT2D eigenvalue weighted by atomic mass is 16.5. The highest BCUT2D eigenvalue weighted by molar-refractivity contribution is 5.75. The van der Waals surface area contributed by atoms with E-state index in [1.807, 2.05) is 0 Å². The molecule has 0 fully saturated rings. The fourth-order valence-corrected chi connectivity index (χ4v) is 1.52. The van der Waals surface area contributed by atoms with Crippen LogP contribution in [0.1, 0.15) is 19.8 Å². The van der Waals surface area contributed by atoms with Crippen molar-refractivity contribution >= 4 is 18.0 Å². The lowest BCUT2D eigenvalue weighted by molar-refractivity contribution is -0.142. The largest absolute Gasteiger partial charge is 0.481 e. The molecule has 0 aromatic carbocycles. The Labute approximate surface area is 113 Å². The first-order chi connectivity index (χ1) is 8.79. The van der Waals surface area contributed by atoms with E-state index in [9.17, 15) is 14.4 Å². The van der Waals surface area contributed by atoms with Crippen LogP contribution in [0.5, 0.6) is 0 Å². The van der Waals surface area contributed by atoms with E-state index in [4.69, 9.17) is 5.11 Å². The highest BCUT2D eigenvalue weighted by Crippen LogP contribution is 2.03. The maximum absolute atomic E-state index is 11.9. The van der Waals surface area contributed by atoms with Gasteiger partial charge in [0.1, 0.15) is 0 Å². The summed E-state index contributed by atoms with van der Waals surface area (Å²) in [5, 5.41) is 8.78. The third kappa shape index (κ3) is 6.64. The first-order valence-corrected chi connectivity index (χ1v) is 6.05. The molecule has 0 saturated heterocycles. The number of aliphatic carboxylic acids is 1. The van der Waals surface area contributed by atoms with Crippen molar-refractivity contribution in [2.75, 3.05) is 34.3 Å². The predicted octanol–water partition coefficient (Wildman–Crippen LogP) is 0.644. The number of carbonyl (C=O) groups excluding carboxylic acids is 2. The van der Waals surface area contributed by atoms with E-state index < -0.39 is 11.9 Å². The highest BCUT2D eigenvalue weighted by Gasteiger charge is 2.19. The third-order valence-electron chi connectivity index (χ3n) is 2.72. The van der Waals surface area contributed by atoms with Crippen molar-refractivity contribution in [3.8, 4) is 0 Å². The average Bonchev–Trinajstić information content (AvgIpc) is 2.36. The Balaban J connectivity index is 4.10. The Kier molecular flexibility index (Phi) is 7.55. The van der Waals surface area contributed by atoms with Crippen LogP contribution in [0.4, 0.5) is 4.79 Å². The van der Waals surface area contributed by atoms with E-state index >= 15 is 0 Å². The molecule has 0 bridgehead atoms. The minimum atomic E-state index is -0.937. The Morgan fingerprint density at radius 2 is 1.79 bits per heavy atom. The standard InChI is InChI=1S/C12H22N2O5/c1-9(11(16)17)8-14(3)12(18)13(2)7-5-6-10(15)19-4/h9H,5-8H2,1-4H3,(H,16,17).